The molecule has 25 heavy (non-hydrogen) atoms. The molecule has 2 amide bonds. The van der Waals surface area contributed by atoms with Crippen LogP contribution in [-0.4, -0.2) is 27.6 Å². The smallest absolute Gasteiger partial charge is 0.251 e. The summed E-state index contributed by atoms with van der Waals surface area (Å²) in [6.07, 6.45) is 0.382. The van der Waals surface area contributed by atoms with Gasteiger partial charge < -0.3 is 5.32 Å². The highest BCUT2D eigenvalue weighted by Crippen LogP contribution is 2.27. The molecule has 0 aliphatic rings. The quantitative estimate of drug-likeness (QED) is 0.827. The summed E-state index contributed by atoms with van der Waals surface area (Å²) >= 11 is 1.30. The van der Waals surface area contributed by atoms with E-state index in [1.807, 2.05) is 45.0 Å². The van der Waals surface area contributed by atoms with Crippen LogP contribution < -0.4 is 10.6 Å². The molecule has 0 fully saturated rings. The van der Waals surface area contributed by atoms with Gasteiger partial charge in [-0.25, -0.2) is 0 Å². The molecule has 0 aliphatic heterocycles. The lowest BCUT2D eigenvalue weighted by Gasteiger charge is -2.24. The molecule has 7 heteroatoms. The number of nitrogens with one attached hydrogen (secondary N) is 2. The minimum absolute atomic E-state index is 0.146. The van der Waals surface area contributed by atoms with Gasteiger partial charge in [-0.3, -0.25) is 14.9 Å². The van der Waals surface area contributed by atoms with Crippen molar-refractivity contribution in [3.05, 3.63) is 29.8 Å². The number of hydrogen-bond acceptors (Lipinski definition) is 5. The maximum atomic E-state index is 12.5. The fourth-order valence-electron chi connectivity index (χ4n) is 2.17. The van der Waals surface area contributed by atoms with Gasteiger partial charge in [0.25, 0.3) is 5.91 Å². The van der Waals surface area contributed by atoms with Crippen LogP contribution in [0.25, 0.3) is 10.6 Å². The Morgan fingerprint density at radius 1 is 1.16 bits per heavy atom. The zero-order valence-electron chi connectivity index (χ0n) is 15.2. The molecule has 6 nitrogen and oxygen atoms in total. The van der Waals surface area contributed by atoms with Crippen molar-refractivity contribution in [2.45, 2.75) is 46.6 Å². The van der Waals surface area contributed by atoms with Crippen LogP contribution in [0, 0.1) is 12.8 Å². The number of carbonyl (C=O) groups excluding carboxylic acids is 2. The summed E-state index contributed by atoms with van der Waals surface area (Å²) in [6.45, 7) is 9.27. The van der Waals surface area contributed by atoms with Gasteiger partial charge in [-0.1, -0.05) is 55.0 Å². The fraction of sp³-hybridized carbons (Fsp3) is 0.444. The lowest BCUT2D eigenvalue weighted by molar-refractivity contribution is -0.129. The van der Waals surface area contributed by atoms with Gasteiger partial charge in [0.2, 0.25) is 11.0 Å². The third kappa shape index (κ3) is 5.35. The molecule has 0 bridgehead atoms. The van der Waals surface area contributed by atoms with Crippen molar-refractivity contribution in [1.29, 1.82) is 0 Å². The Labute approximate surface area is 152 Å². The van der Waals surface area contributed by atoms with E-state index in [1.54, 1.807) is 13.8 Å². The number of carbonyl (C=O) groups is 2. The van der Waals surface area contributed by atoms with Crippen LogP contribution in [-0.2, 0) is 9.59 Å². The van der Waals surface area contributed by atoms with Crippen molar-refractivity contribution in [1.82, 2.24) is 15.5 Å². The number of rotatable bonds is 6. The second-order valence-electron chi connectivity index (χ2n) is 7.00. The molecule has 1 aromatic heterocycles. The summed E-state index contributed by atoms with van der Waals surface area (Å²) in [5.41, 5.74) is 1.09. The Morgan fingerprint density at radius 3 is 2.40 bits per heavy atom. The molecule has 0 saturated heterocycles. The minimum Gasteiger partial charge on any atom is -0.342 e. The highest BCUT2D eigenvalue weighted by Gasteiger charge is 2.30. The average molecular weight is 360 g/mol. The van der Waals surface area contributed by atoms with Crippen molar-refractivity contribution in [3.63, 3.8) is 0 Å². The average Bonchev–Trinajstić information content (AvgIpc) is 2.95. The lowest BCUT2D eigenvalue weighted by Crippen LogP contribution is -2.52. The van der Waals surface area contributed by atoms with Gasteiger partial charge in [-0.15, -0.1) is 10.2 Å². The first kappa shape index (κ1) is 19.1. The zero-order valence-corrected chi connectivity index (χ0v) is 16.0. The maximum absolute atomic E-state index is 12.5. The van der Waals surface area contributed by atoms with Crippen LogP contribution in [0.4, 0.5) is 5.13 Å². The molecule has 0 radical (unpaired) electrons. The van der Waals surface area contributed by atoms with Gasteiger partial charge >= 0.3 is 0 Å². The molecule has 1 aromatic carbocycles. The van der Waals surface area contributed by atoms with E-state index in [1.165, 1.54) is 16.9 Å². The standard InChI is InChI=1S/C18H24N4O2S/c1-11(2)10-14(23)20-18(4,5)16(24)19-17-22-21-15(25-17)13-8-6-12(3)7-9-13/h6-9,11H,10H2,1-5H3,(H,20,23)(H,19,22,24). The lowest BCUT2D eigenvalue weighted by atomic mass is 10.0. The molecule has 134 valence electrons. The summed E-state index contributed by atoms with van der Waals surface area (Å²) in [4.78, 5) is 24.4. The van der Waals surface area contributed by atoms with E-state index in [0.29, 0.717) is 11.6 Å². The van der Waals surface area contributed by atoms with Crippen LogP contribution in [0.5, 0.6) is 0 Å². The summed E-state index contributed by atoms with van der Waals surface area (Å²) in [5.74, 6) is -0.233. The Kier molecular flexibility index (Phi) is 5.89. The largest absolute Gasteiger partial charge is 0.342 e. The summed E-state index contributed by atoms with van der Waals surface area (Å²) in [6, 6.07) is 7.94. The monoisotopic (exact) mass is 360 g/mol. The van der Waals surface area contributed by atoms with Crippen LogP contribution in [0.15, 0.2) is 24.3 Å². The molecule has 0 unspecified atom stereocenters. The van der Waals surface area contributed by atoms with Crippen molar-refractivity contribution < 1.29 is 9.59 Å². The third-order valence-corrected chi connectivity index (χ3v) is 4.44. The van der Waals surface area contributed by atoms with Crippen LogP contribution in [0.1, 0.15) is 39.7 Å². The Morgan fingerprint density at radius 2 is 1.80 bits per heavy atom. The number of hydrogen-bond donors (Lipinski definition) is 2. The number of aromatic nitrogens is 2. The fourth-order valence-corrected chi connectivity index (χ4v) is 2.91. The first-order valence-corrected chi connectivity index (χ1v) is 9.02. The Bertz CT molecular complexity index is 751. The van der Waals surface area contributed by atoms with Gasteiger partial charge in [0.05, 0.1) is 0 Å². The van der Waals surface area contributed by atoms with Crippen molar-refractivity contribution >= 4 is 28.3 Å². The second-order valence-corrected chi connectivity index (χ2v) is 7.98. The van der Waals surface area contributed by atoms with Gasteiger partial charge in [0.15, 0.2) is 0 Å². The SMILES string of the molecule is Cc1ccc(-c2nnc(NC(=O)C(C)(C)NC(=O)CC(C)C)s2)cc1. The van der Waals surface area contributed by atoms with E-state index >= 15 is 0 Å². The highest BCUT2D eigenvalue weighted by molar-refractivity contribution is 7.18. The molecule has 2 rings (SSSR count). The molecule has 0 saturated carbocycles. The topological polar surface area (TPSA) is 84.0 Å². The molecular formula is C18H24N4O2S. The van der Waals surface area contributed by atoms with E-state index in [2.05, 4.69) is 20.8 Å². The van der Waals surface area contributed by atoms with E-state index in [0.717, 1.165) is 10.6 Å². The number of aryl methyl sites for hydroxylation is 1. The molecule has 2 aromatic rings. The zero-order chi connectivity index (χ0) is 18.6. The van der Waals surface area contributed by atoms with Crippen LogP contribution in [0.2, 0.25) is 0 Å². The maximum Gasteiger partial charge on any atom is 0.251 e. The van der Waals surface area contributed by atoms with E-state index in [9.17, 15) is 9.59 Å². The van der Waals surface area contributed by atoms with E-state index in [4.69, 9.17) is 0 Å². The Balaban J connectivity index is 2.02. The summed E-state index contributed by atoms with van der Waals surface area (Å²) in [5, 5.41) is 14.8. The highest BCUT2D eigenvalue weighted by atomic mass is 32.1. The molecule has 1 heterocycles. The predicted octanol–water partition coefficient (Wildman–Crippen LogP) is 3.39. The molecule has 2 N–H and O–H groups in total. The van der Waals surface area contributed by atoms with Crippen LogP contribution in [0.3, 0.4) is 0 Å². The van der Waals surface area contributed by atoms with Gasteiger partial charge in [-0.05, 0) is 26.7 Å². The summed E-state index contributed by atoms with van der Waals surface area (Å²) < 4.78 is 0. The Hall–Kier alpha value is -2.28. The van der Waals surface area contributed by atoms with E-state index < -0.39 is 5.54 Å². The van der Waals surface area contributed by atoms with E-state index in [-0.39, 0.29) is 17.7 Å². The molecular weight excluding hydrogens is 336 g/mol. The summed E-state index contributed by atoms with van der Waals surface area (Å²) in [7, 11) is 0. The third-order valence-electron chi connectivity index (χ3n) is 3.56. The predicted molar refractivity (Wildman–Crippen MR) is 100 cm³/mol. The van der Waals surface area contributed by atoms with Gasteiger partial charge in [0, 0.05) is 12.0 Å². The van der Waals surface area contributed by atoms with Crippen molar-refractivity contribution in [2.75, 3.05) is 5.32 Å². The number of anilines is 1. The van der Waals surface area contributed by atoms with Crippen molar-refractivity contribution in [3.8, 4) is 10.6 Å². The molecule has 0 spiro atoms. The normalized spacial score (nSPS) is 11.4. The minimum atomic E-state index is -1.03. The number of amides is 2. The van der Waals surface area contributed by atoms with Crippen molar-refractivity contribution in [2.24, 2.45) is 5.92 Å². The first-order chi connectivity index (χ1) is 11.7. The molecule has 0 aliphatic carbocycles. The van der Waals surface area contributed by atoms with Gasteiger partial charge in [-0.2, -0.15) is 0 Å². The number of benzene rings is 1. The second kappa shape index (κ2) is 7.74. The number of nitrogens with zero attached hydrogens (tertiary/aromatic N) is 2. The molecule has 0 atom stereocenters. The first-order valence-electron chi connectivity index (χ1n) is 8.20. The van der Waals surface area contributed by atoms with Gasteiger partial charge in [0.1, 0.15) is 10.5 Å². The van der Waals surface area contributed by atoms with Crippen LogP contribution >= 0.6 is 11.3 Å².